The zero-order valence-corrected chi connectivity index (χ0v) is 20.9. The molecule has 3 unspecified atom stereocenters. The van der Waals surface area contributed by atoms with E-state index in [-0.39, 0.29) is 27.8 Å². The van der Waals surface area contributed by atoms with Crippen LogP contribution in [0.5, 0.6) is 0 Å². The maximum absolute atomic E-state index is 5.89. The van der Waals surface area contributed by atoms with Crippen molar-refractivity contribution < 1.29 is 9.78 Å². The SMILES string of the molecule is CC(C)(CCC(C)(COOC1C=CC(C(C)(C)C)C1)C(C)(C)C)Cc1ccncc1. The highest BCUT2D eigenvalue weighted by molar-refractivity contribution is 5.11. The van der Waals surface area contributed by atoms with E-state index in [1.54, 1.807) is 0 Å². The summed E-state index contributed by atoms with van der Waals surface area (Å²) in [5.74, 6) is 0.550. The lowest BCUT2D eigenvalue weighted by Crippen LogP contribution is -2.39. The maximum atomic E-state index is 5.89. The summed E-state index contributed by atoms with van der Waals surface area (Å²) in [5.41, 5.74) is 2.02. The molecule has 30 heavy (non-hydrogen) atoms. The summed E-state index contributed by atoms with van der Waals surface area (Å²) in [4.78, 5) is 15.9. The van der Waals surface area contributed by atoms with Crippen LogP contribution in [0.3, 0.4) is 0 Å². The van der Waals surface area contributed by atoms with Crippen LogP contribution in [-0.2, 0) is 16.2 Å². The van der Waals surface area contributed by atoms with Crippen LogP contribution >= 0.6 is 0 Å². The summed E-state index contributed by atoms with van der Waals surface area (Å²) in [5, 5.41) is 0. The molecule has 0 amide bonds. The predicted octanol–water partition coefficient (Wildman–Crippen LogP) is 7.42. The Bertz CT molecular complexity index is 681. The first-order valence-corrected chi connectivity index (χ1v) is 11.6. The predicted molar refractivity (Wildman–Crippen MR) is 126 cm³/mol. The topological polar surface area (TPSA) is 31.4 Å². The minimum atomic E-state index is 0.0360. The van der Waals surface area contributed by atoms with Crippen molar-refractivity contribution in [1.29, 1.82) is 0 Å². The van der Waals surface area contributed by atoms with Gasteiger partial charge in [-0.05, 0) is 71.0 Å². The van der Waals surface area contributed by atoms with Crippen molar-refractivity contribution in [2.24, 2.45) is 27.6 Å². The van der Waals surface area contributed by atoms with E-state index in [9.17, 15) is 0 Å². The minimum absolute atomic E-state index is 0.0360. The van der Waals surface area contributed by atoms with Gasteiger partial charge in [0.15, 0.2) is 0 Å². The summed E-state index contributed by atoms with van der Waals surface area (Å²) in [6.07, 6.45) is 12.6. The van der Waals surface area contributed by atoms with Gasteiger partial charge in [0, 0.05) is 12.4 Å². The highest BCUT2D eigenvalue weighted by atomic mass is 17.2. The zero-order valence-electron chi connectivity index (χ0n) is 20.9. The van der Waals surface area contributed by atoms with Crippen molar-refractivity contribution >= 4 is 0 Å². The summed E-state index contributed by atoms with van der Waals surface area (Å²) < 4.78 is 0. The molecule has 1 aliphatic carbocycles. The molecular weight excluding hydrogens is 370 g/mol. The Labute approximate surface area is 185 Å². The Morgan fingerprint density at radius 2 is 1.53 bits per heavy atom. The van der Waals surface area contributed by atoms with Gasteiger partial charge in [-0.15, -0.1) is 0 Å². The lowest BCUT2D eigenvalue weighted by atomic mass is 9.63. The Kier molecular flexibility index (Phi) is 7.96. The molecule has 0 fully saturated rings. The Hall–Kier alpha value is -1.19. The van der Waals surface area contributed by atoms with E-state index >= 15 is 0 Å². The smallest absolute Gasteiger partial charge is 0.112 e. The van der Waals surface area contributed by atoms with E-state index in [0.29, 0.717) is 12.5 Å². The number of hydrogen-bond acceptors (Lipinski definition) is 3. The van der Waals surface area contributed by atoms with E-state index in [1.165, 1.54) is 5.56 Å². The van der Waals surface area contributed by atoms with Crippen LogP contribution in [0.2, 0.25) is 0 Å². The van der Waals surface area contributed by atoms with Gasteiger partial charge < -0.3 is 0 Å². The van der Waals surface area contributed by atoms with Crippen LogP contribution in [0, 0.1) is 27.6 Å². The molecule has 0 radical (unpaired) electrons. The Morgan fingerprint density at radius 3 is 2.07 bits per heavy atom. The summed E-state index contributed by atoms with van der Waals surface area (Å²) >= 11 is 0. The summed E-state index contributed by atoms with van der Waals surface area (Å²) in [6.45, 7) is 21.5. The van der Waals surface area contributed by atoms with Crippen molar-refractivity contribution in [3.8, 4) is 0 Å². The number of hydrogen-bond donors (Lipinski definition) is 0. The fraction of sp³-hybridized carbons (Fsp3) is 0.741. The summed E-state index contributed by atoms with van der Waals surface area (Å²) in [6, 6.07) is 4.25. The average Bonchev–Trinajstić information content (AvgIpc) is 3.09. The quantitative estimate of drug-likeness (QED) is 0.239. The third kappa shape index (κ3) is 7.20. The Balaban J connectivity index is 1.90. The van der Waals surface area contributed by atoms with Crippen LogP contribution in [0.4, 0.5) is 0 Å². The van der Waals surface area contributed by atoms with Crippen LogP contribution < -0.4 is 0 Å². The molecule has 0 saturated heterocycles. The van der Waals surface area contributed by atoms with Crippen LogP contribution in [-0.4, -0.2) is 17.7 Å². The molecule has 3 heteroatoms. The molecule has 170 valence electrons. The second kappa shape index (κ2) is 9.53. The largest absolute Gasteiger partial charge is 0.265 e. The highest BCUT2D eigenvalue weighted by Crippen LogP contribution is 2.45. The maximum Gasteiger partial charge on any atom is 0.112 e. The van der Waals surface area contributed by atoms with E-state index < -0.39 is 0 Å². The van der Waals surface area contributed by atoms with Crippen LogP contribution in [0.25, 0.3) is 0 Å². The average molecular weight is 416 g/mol. The second-order valence-electron chi connectivity index (χ2n) is 12.5. The molecule has 1 aliphatic rings. The van der Waals surface area contributed by atoms with Gasteiger partial charge in [0.05, 0.1) is 6.61 Å². The number of rotatable bonds is 9. The molecule has 0 saturated carbocycles. The van der Waals surface area contributed by atoms with Gasteiger partial charge in [0.25, 0.3) is 0 Å². The molecule has 2 rings (SSSR count). The van der Waals surface area contributed by atoms with Gasteiger partial charge >= 0.3 is 0 Å². The lowest BCUT2D eigenvalue weighted by Gasteiger charge is -2.43. The van der Waals surface area contributed by atoms with Crippen LogP contribution in [0.15, 0.2) is 36.7 Å². The molecule has 3 nitrogen and oxygen atoms in total. The molecule has 0 bridgehead atoms. The van der Waals surface area contributed by atoms with Gasteiger partial charge in [-0.1, -0.05) is 74.5 Å². The number of aromatic nitrogens is 1. The first-order chi connectivity index (χ1) is 13.7. The lowest BCUT2D eigenvalue weighted by molar-refractivity contribution is -0.334. The number of pyridine rings is 1. The van der Waals surface area contributed by atoms with Crippen molar-refractivity contribution in [3.63, 3.8) is 0 Å². The molecular formula is C27H45NO2. The molecule has 0 N–H and O–H groups in total. The molecule has 1 heterocycles. The first kappa shape index (κ1) is 25.1. The van der Waals surface area contributed by atoms with Gasteiger partial charge in [0.1, 0.15) is 6.10 Å². The third-order valence-electron chi connectivity index (χ3n) is 7.32. The van der Waals surface area contributed by atoms with Gasteiger partial charge in [-0.2, -0.15) is 0 Å². The second-order valence-corrected chi connectivity index (χ2v) is 12.5. The first-order valence-electron chi connectivity index (χ1n) is 11.6. The van der Waals surface area contributed by atoms with E-state index in [1.807, 2.05) is 12.4 Å². The Morgan fingerprint density at radius 1 is 0.900 bits per heavy atom. The minimum Gasteiger partial charge on any atom is -0.265 e. The zero-order chi connectivity index (χ0) is 22.6. The normalized spacial score (nSPS) is 22.3. The summed E-state index contributed by atoms with van der Waals surface area (Å²) in [7, 11) is 0. The van der Waals surface area contributed by atoms with Gasteiger partial charge in [0.2, 0.25) is 0 Å². The van der Waals surface area contributed by atoms with Crippen molar-refractivity contribution in [1.82, 2.24) is 4.98 Å². The molecule has 1 aromatic rings. The highest BCUT2D eigenvalue weighted by Gasteiger charge is 2.40. The molecule has 3 atom stereocenters. The fourth-order valence-electron chi connectivity index (χ4n) is 4.05. The fourth-order valence-corrected chi connectivity index (χ4v) is 4.05. The standard InChI is InChI=1S/C27H45NO2/c1-24(2,3)22-10-11-23(18-22)30-29-20-27(9,25(4,5)6)15-14-26(7,8)19-21-12-16-28-17-13-21/h10-13,16-17,22-23H,14-15,18-20H2,1-9H3. The number of allylic oxidation sites excluding steroid dienone is 1. The molecule has 0 aliphatic heterocycles. The third-order valence-corrected chi connectivity index (χ3v) is 7.32. The monoisotopic (exact) mass is 415 g/mol. The van der Waals surface area contributed by atoms with Crippen LogP contribution in [0.1, 0.15) is 87.1 Å². The van der Waals surface area contributed by atoms with Gasteiger partial charge in [-0.3, -0.25) is 4.98 Å². The van der Waals surface area contributed by atoms with E-state index in [4.69, 9.17) is 9.78 Å². The van der Waals surface area contributed by atoms with Crippen molar-refractivity contribution in [2.75, 3.05) is 6.61 Å². The molecule has 1 aromatic heterocycles. The van der Waals surface area contributed by atoms with Gasteiger partial charge in [-0.25, -0.2) is 9.78 Å². The molecule has 0 aromatic carbocycles. The van der Waals surface area contributed by atoms with E-state index in [2.05, 4.69) is 91.6 Å². The van der Waals surface area contributed by atoms with E-state index in [0.717, 1.165) is 25.7 Å². The molecule has 0 spiro atoms. The number of nitrogens with zero attached hydrogens (tertiary/aromatic N) is 1. The van der Waals surface area contributed by atoms with Crippen molar-refractivity contribution in [3.05, 3.63) is 42.2 Å². The van der Waals surface area contributed by atoms with Crippen molar-refractivity contribution in [2.45, 2.75) is 94.1 Å².